The second-order valence-corrected chi connectivity index (χ2v) is 6.05. The molecular weight excluding hydrogens is 504 g/mol. The van der Waals surface area contributed by atoms with Gasteiger partial charge in [0.25, 0.3) is 0 Å². The highest BCUT2D eigenvalue weighted by molar-refractivity contribution is 14.0. The largest absolute Gasteiger partial charge is 0.494 e. The lowest BCUT2D eigenvalue weighted by Gasteiger charge is -2.14. The number of methoxy groups -OCH3 is 4. The van der Waals surface area contributed by atoms with Crippen LogP contribution in [0.25, 0.3) is 0 Å². The number of nitrogens with zero attached hydrogens (tertiary/aromatic N) is 1. The SMILES string of the molecule is CCNC(=NCc1cc(OC)c(OC)c(OC)c1)NCc1ccc(OC)c(F)c1.I. The molecule has 9 heteroatoms. The van der Waals surface area contributed by atoms with Crippen molar-refractivity contribution < 1.29 is 23.3 Å². The third-order valence-electron chi connectivity index (χ3n) is 4.16. The number of hydrogen-bond acceptors (Lipinski definition) is 5. The Hall–Kier alpha value is -2.43. The average Bonchev–Trinajstić information content (AvgIpc) is 2.74. The number of rotatable bonds is 9. The van der Waals surface area contributed by atoms with Gasteiger partial charge in [0.15, 0.2) is 29.0 Å². The number of halogens is 2. The van der Waals surface area contributed by atoms with Gasteiger partial charge in [-0.05, 0) is 42.3 Å². The molecule has 2 N–H and O–H groups in total. The molecule has 0 aliphatic heterocycles. The van der Waals surface area contributed by atoms with E-state index < -0.39 is 5.82 Å². The summed E-state index contributed by atoms with van der Waals surface area (Å²) in [5.41, 5.74) is 1.67. The molecule has 30 heavy (non-hydrogen) atoms. The summed E-state index contributed by atoms with van der Waals surface area (Å²) in [5, 5.41) is 6.37. The normalized spacial score (nSPS) is 10.7. The molecule has 0 fully saturated rings. The molecule has 0 saturated carbocycles. The zero-order chi connectivity index (χ0) is 21.2. The van der Waals surface area contributed by atoms with Gasteiger partial charge in [0.1, 0.15) is 0 Å². The number of hydrogen-bond donors (Lipinski definition) is 2. The van der Waals surface area contributed by atoms with Crippen molar-refractivity contribution in [3.8, 4) is 23.0 Å². The van der Waals surface area contributed by atoms with E-state index in [0.29, 0.717) is 42.8 Å². The molecule has 0 saturated heterocycles. The maximum atomic E-state index is 13.9. The van der Waals surface area contributed by atoms with Crippen molar-refractivity contribution in [3.63, 3.8) is 0 Å². The minimum Gasteiger partial charge on any atom is -0.494 e. The summed E-state index contributed by atoms with van der Waals surface area (Å²) < 4.78 is 34.9. The third kappa shape index (κ3) is 6.82. The van der Waals surface area contributed by atoms with Gasteiger partial charge in [-0.15, -0.1) is 24.0 Å². The van der Waals surface area contributed by atoms with Gasteiger partial charge in [-0.25, -0.2) is 9.38 Å². The maximum Gasteiger partial charge on any atom is 0.203 e. The predicted molar refractivity (Wildman–Crippen MR) is 126 cm³/mol. The highest BCUT2D eigenvalue weighted by Crippen LogP contribution is 2.38. The lowest BCUT2D eigenvalue weighted by molar-refractivity contribution is 0.324. The highest BCUT2D eigenvalue weighted by atomic mass is 127. The van der Waals surface area contributed by atoms with Crippen LogP contribution in [0.3, 0.4) is 0 Å². The standard InChI is InChI=1S/C21H28FN3O4.HI/c1-6-23-21(24-12-14-7-8-17(26-2)16(22)9-14)25-13-15-10-18(27-3)20(29-5)19(11-15)28-4;/h7-11H,6,12-13H2,1-5H3,(H2,23,24,25);1H. The van der Waals surface area contributed by atoms with E-state index in [1.807, 2.05) is 19.1 Å². The summed E-state index contributed by atoms with van der Waals surface area (Å²) in [6.07, 6.45) is 0. The molecule has 166 valence electrons. The lowest BCUT2D eigenvalue weighted by Crippen LogP contribution is -2.36. The predicted octanol–water partition coefficient (Wildman–Crippen LogP) is 3.73. The Kier molecular flexibility index (Phi) is 11.1. The minimum atomic E-state index is -0.397. The molecule has 0 spiro atoms. The fourth-order valence-electron chi connectivity index (χ4n) is 2.74. The van der Waals surface area contributed by atoms with Gasteiger partial charge in [-0.1, -0.05) is 6.07 Å². The van der Waals surface area contributed by atoms with Crippen LogP contribution in [0.4, 0.5) is 4.39 Å². The van der Waals surface area contributed by atoms with Crippen LogP contribution in [0.1, 0.15) is 18.1 Å². The first kappa shape index (κ1) is 25.6. The summed E-state index contributed by atoms with van der Waals surface area (Å²) in [6, 6.07) is 8.55. The van der Waals surface area contributed by atoms with E-state index in [1.54, 1.807) is 33.5 Å². The highest BCUT2D eigenvalue weighted by Gasteiger charge is 2.13. The molecule has 0 aromatic heterocycles. The maximum absolute atomic E-state index is 13.9. The Morgan fingerprint density at radius 1 is 0.867 bits per heavy atom. The zero-order valence-corrected chi connectivity index (χ0v) is 20.2. The Bertz CT molecular complexity index is 824. The van der Waals surface area contributed by atoms with E-state index in [0.717, 1.165) is 11.1 Å². The number of ether oxygens (including phenoxy) is 4. The van der Waals surface area contributed by atoms with E-state index in [1.165, 1.54) is 13.2 Å². The topological polar surface area (TPSA) is 73.3 Å². The van der Waals surface area contributed by atoms with Crippen molar-refractivity contribution >= 4 is 29.9 Å². The van der Waals surface area contributed by atoms with Gasteiger partial charge in [-0.3, -0.25) is 0 Å². The molecule has 0 radical (unpaired) electrons. The number of guanidine groups is 1. The molecule has 0 bridgehead atoms. The van der Waals surface area contributed by atoms with Gasteiger partial charge in [0, 0.05) is 13.1 Å². The first-order valence-corrected chi connectivity index (χ1v) is 9.19. The van der Waals surface area contributed by atoms with E-state index in [-0.39, 0.29) is 29.7 Å². The molecule has 0 amide bonds. The van der Waals surface area contributed by atoms with Crippen molar-refractivity contribution in [2.75, 3.05) is 35.0 Å². The smallest absolute Gasteiger partial charge is 0.203 e. The van der Waals surface area contributed by atoms with Gasteiger partial charge >= 0.3 is 0 Å². The summed E-state index contributed by atoms with van der Waals surface area (Å²) >= 11 is 0. The Morgan fingerprint density at radius 2 is 1.50 bits per heavy atom. The van der Waals surface area contributed by atoms with E-state index >= 15 is 0 Å². The molecule has 0 unspecified atom stereocenters. The van der Waals surface area contributed by atoms with Crippen molar-refractivity contribution in [1.82, 2.24) is 10.6 Å². The molecular formula is C21H29FIN3O4. The summed E-state index contributed by atoms with van der Waals surface area (Å²) in [4.78, 5) is 4.59. The summed E-state index contributed by atoms with van der Waals surface area (Å²) in [5.74, 6) is 2.11. The Labute approximate surface area is 194 Å². The molecule has 0 atom stereocenters. The van der Waals surface area contributed by atoms with Crippen LogP contribution in [-0.2, 0) is 13.1 Å². The first-order chi connectivity index (χ1) is 14.1. The number of nitrogens with one attached hydrogen (secondary N) is 2. The van der Waals surface area contributed by atoms with Crippen molar-refractivity contribution in [2.45, 2.75) is 20.0 Å². The van der Waals surface area contributed by atoms with E-state index in [9.17, 15) is 4.39 Å². The monoisotopic (exact) mass is 533 g/mol. The quantitative estimate of drug-likeness (QED) is 0.291. The Morgan fingerprint density at radius 3 is 2.00 bits per heavy atom. The first-order valence-electron chi connectivity index (χ1n) is 9.19. The van der Waals surface area contributed by atoms with E-state index in [2.05, 4.69) is 15.6 Å². The van der Waals surface area contributed by atoms with E-state index in [4.69, 9.17) is 18.9 Å². The molecule has 0 aliphatic carbocycles. The van der Waals surface area contributed by atoms with Crippen LogP contribution in [0.2, 0.25) is 0 Å². The molecule has 2 rings (SSSR count). The van der Waals surface area contributed by atoms with Crippen LogP contribution in [-0.4, -0.2) is 40.9 Å². The molecule has 0 aliphatic rings. The van der Waals surface area contributed by atoms with Crippen LogP contribution < -0.4 is 29.6 Å². The van der Waals surface area contributed by atoms with Crippen molar-refractivity contribution in [3.05, 3.63) is 47.3 Å². The van der Waals surface area contributed by atoms with Gasteiger partial charge < -0.3 is 29.6 Å². The third-order valence-corrected chi connectivity index (χ3v) is 4.16. The zero-order valence-electron chi connectivity index (χ0n) is 17.9. The molecule has 0 heterocycles. The minimum absolute atomic E-state index is 0. The molecule has 7 nitrogen and oxygen atoms in total. The van der Waals surface area contributed by atoms with Crippen molar-refractivity contribution in [1.29, 1.82) is 0 Å². The fourth-order valence-corrected chi connectivity index (χ4v) is 2.74. The van der Waals surface area contributed by atoms with Crippen LogP contribution in [0.15, 0.2) is 35.3 Å². The summed E-state index contributed by atoms with van der Waals surface area (Å²) in [6.45, 7) is 3.48. The van der Waals surface area contributed by atoms with Crippen molar-refractivity contribution in [2.24, 2.45) is 4.99 Å². The lowest BCUT2D eigenvalue weighted by atomic mass is 10.2. The number of aliphatic imine (C=N–C) groups is 1. The van der Waals surface area contributed by atoms with Gasteiger partial charge in [-0.2, -0.15) is 0 Å². The van der Waals surface area contributed by atoms with Crippen LogP contribution >= 0.6 is 24.0 Å². The summed E-state index contributed by atoms with van der Waals surface area (Å²) in [7, 11) is 6.15. The Balaban J connectivity index is 0.00000450. The number of benzene rings is 2. The second-order valence-electron chi connectivity index (χ2n) is 6.05. The molecule has 2 aromatic carbocycles. The molecule has 2 aromatic rings. The van der Waals surface area contributed by atoms with Gasteiger partial charge in [0.05, 0.1) is 35.0 Å². The van der Waals surface area contributed by atoms with Crippen LogP contribution in [0.5, 0.6) is 23.0 Å². The average molecular weight is 533 g/mol. The fraction of sp³-hybridized carbons (Fsp3) is 0.381. The van der Waals surface area contributed by atoms with Gasteiger partial charge in [0.2, 0.25) is 5.75 Å². The second kappa shape index (κ2) is 13.0. The van der Waals surface area contributed by atoms with Crippen LogP contribution in [0, 0.1) is 5.82 Å².